The normalized spacial score (nSPS) is 29.3. The SMILES string of the molecule is CCN(C(=O)C(C)NCC1CN(C)CCO1)C1CCS(=O)(=O)C1. The van der Waals surface area contributed by atoms with Gasteiger partial charge in [-0.2, -0.15) is 0 Å². The summed E-state index contributed by atoms with van der Waals surface area (Å²) in [6, 6.07) is -0.520. The molecule has 8 heteroatoms. The summed E-state index contributed by atoms with van der Waals surface area (Å²) in [7, 11) is -0.926. The second kappa shape index (κ2) is 7.92. The number of nitrogens with zero attached hydrogens (tertiary/aromatic N) is 2. The molecule has 2 rings (SSSR count). The van der Waals surface area contributed by atoms with Gasteiger partial charge in [0.25, 0.3) is 0 Å². The van der Waals surface area contributed by atoms with Crippen LogP contribution in [0.1, 0.15) is 20.3 Å². The lowest BCUT2D eigenvalue weighted by atomic mass is 10.1. The second-order valence-electron chi connectivity index (χ2n) is 6.57. The molecule has 0 bridgehead atoms. The first-order valence-electron chi connectivity index (χ1n) is 8.37. The van der Waals surface area contributed by atoms with Crippen LogP contribution in [0.2, 0.25) is 0 Å². The van der Waals surface area contributed by atoms with Crippen molar-refractivity contribution in [3.63, 3.8) is 0 Å². The minimum Gasteiger partial charge on any atom is -0.374 e. The highest BCUT2D eigenvalue weighted by Crippen LogP contribution is 2.18. The fraction of sp³-hybridized carbons (Fsp3) is 0.933. The number of ether oxygens (including phenoxy) is 1. The highest BCUT2D eigenvalue weighted by Gasteiger charge is 2.35. The van der Waals surface area contributed by atoms with Crippen molar-refractivity contribution in [1.82, 2.24) is 15.1 Å². The van der Waals surface area contributed by atoms with Crippen molar-refractivity contribution >= 4 is 15.7 Å². The molecule has 3 atom stereocenters. The average molecular weight is 347 g/mol. The minimum absolute atomic E-state index is 0.0289. The molecule has 2 aliphatic rings. The van der Waals surface area contributed by atoms with Crippen LogP contribution in [0, 0.1) is 0 Å². The van der Waals surface area contributed by atoms with Crippen LogP contribution in [0.25, 0.3) is 0 Å². The quantitative estimate of drug-likeness (QED) is 0.687. The van der Waals surface area contributed by atoms with Gasteiger partial charge in [-0.15, -0.1) is 0 Å². The zero-order chi connectivity index (χ0) is 17.0. The van der Waals surface area contributed by atoms with Crippen LogP contribution in [0.3, 0.4) is 0 Å². The van der Waals surface area contributed by atoms with Gasteiger partial charge in [0, 0.05) is 32.2 Å². The number of rotatable bonds is 6. The van der Waals surface area contributed by atoms with E-state index in [9.17, 15) is 13.2 Å². The Morgan fingerprint density at radius 3 is 2.78 bits per heavy atom. The van der Waals surface area contributed by atoms with Crippen molar-refractivity contribution in [2.24, 2.45) is 0 Å². The topological polar surface area (TPSA) is 79.0 Å². The molecule has 7 nitrogen and oxygen atoms in total. The van der Waals surface area contributed by atoms with Crippen LogP contribution in [0.4, 0.5) is 0 Å². The van der Waals surface area contributed by atoms with Gasteiger partial charge in [-0.1, -0.05) is 0 Å². The van der Waals surface area contributed by atoms with Crippen LogP contribution < -0.4 is 5.32 Å². The summed E-state index contributed by atoms with van der Waals surface area (Å²) >= 11 is 0. The summed E-state index contributed by atoms with van der Waals surface area (Å²) < 4.78 is 29.0. The zero-order valence-corrected chi connectivity index (χ0v) is 15.1. The molecule has 1 N–H and O–H groups in total. The maximum absolute atomic E-state index is 12.6. The second-order valence-corrected chi connectivity index (χ2v) is 8.79. The number of likely N-dealkylation sites (N-methyl/N-ethyl adjacent to an activating group) is 2. The molecule has 3 unspecified atom stereocenters. The van der Waals surface area contributed by atoms with E-state index in [4.69, 9.17) is 4.74 Å². The van der Waals surface area contributed by atoms with Gasteiger partial charge >= 0.3 is 0 Å². The molecule has 0 aromatic heterocycles. The summed E-state index contributed by atoms with van der Waals surface area (Å²) in [5.74, 6) is 0.250. The fourth-order valence-electron chi connectivity index (χ4n) is 3.25. The molecule has 2 heterocycles. The third-order valence-electron chi connectivity index (χ3n) is 4.64. The molecule has 0 aromatic carbocycles. The van der Waals surface area contributed by atoms with E-state index in [0.717, 1.165) is 13.1 Å². The zero-order valence-electron chi connectivity index (χ0n) is 14.3. The molecular formula is C15H29N3O4S. The van der Waals surface area contributed by atoms with Gasteiger partial charge in [0.15, 0.2) is 9.84 Å². The molecular weight excluding hydrogens is 318 g/mol. The number of carbonyl (C=O) groups is 1. The van der Waals surface area contributed by atoms with Crippen LogP contribution in [-0.2, 0) is 19.4 Å². The fourth-order valence-corrected chi connectivity index (χ4v) is 4.98. The summed E-state index contributed by atoms with van der Waals surface area (Å²) in [4.78, 5) is 16.5. The lowest BCUT2D eigenvalue weighted by Crippen LogP contribution is -2.52. The van der Waals surface area contributed by atoms with Crippen LogP contribution in [-0.4, -0.2) is 93.7 Å². The molecule has 134 valence electrons. The number of nitrogens with one attached hydrogen (secondary N) is 1. The Morgan fingerprint density at radius 2 is 2.22 bits per heavy atom. The lowest BCUT2D eigenvalue weighted by molar-refractivity contribution is -0.134. The van der Waals surface area contributed by atoms with Crippen molar-refractivity contribution in [2.45, 2.75) is 38.5 Å². The number of amides is 1. The predicted octanol–water partition coefficient (Wildman–Crippen LogP) is -0.669. The van der Waals surface area contributed by atoms with Crippen molar-refractivity contribution in [3.8, 4) is 0 Å². The Morgan fingerprint density at radius 1 is 1.48 bits per heavy atom. The molecule has 1 amide bonds. The first kappa shape index (κ1) is 18.6. The van der Waals surface area contributed by atoms with Crippen molar-refractivity contribution < 1.29 is 17.9 Å². The Hall–Kier alpha value is -0.700. The van der Waals surface area contributed by atoms with Gasteiger partial charge < -0.3 is 19.9 Å². The lowest BCUT2D eigenvalue weighted by Gasteiger charge is -2.33. The van der Waals surface area contributed by atoms with Gasteiger partial charge in [0.1, 0.15) is 0 Å². The van der Waals surface area contributed by atoms with Gasteiger partial charge in [0.05, 0.1) is 30.3 Å². The molecule has 0 spiro atoms. The molecule has 2 saturated heterocycles. The first-order valence-corrected chi connectivity index (χ1v) is 10.2. The average Bonchev–Trinajstić information content (AvgIpc) is 2.85. The van der Waals surface area contributed by atoms with E-state index in [1.165, 1.54) is 0 Å². The van der Waals surface area contributed by atoms with Crippen molar-refractivity contribution in [2.75, 3.05) is 51.3 Å². The van der Waals surface area contributed by atoms with E-state index in [-0.39, 0.29) is 35.6 Å². The van der Waals surface area contributed by atoms with Gasteiger partial charge in [0.2, 0.25) is 5.91 Å². The Labute approximate surface area is 139 Å². The highest BCUT2D eigenvalue weighted by atomic mass is 32.2. The third-order valence-corrected chi connectivity index (χ3v) is 6.39. The number of carbonyl (C=O) groups excluding carboxylic acids is 1. The van der Waals surface area contributed by atoms with Crippen LogP contribution >= 0.6 is 0 Å². The standard InChI is InChI=1S/C15H29N3O4S/c1-4-18(13-5-8-23(20,21)11-13)15(19)12(2)16-9-14-10-17(3)6-7-22-14/h12-14,16H,4-11H2,1-3H3. The number of sulfone groups is 1. The molecule has 0 aliphatic carbocycles. The molecule has 0 radical (unpaired) electrons. The highest BCUT2D eigenvalue weighted by molar-refractivity contribution is 7.91. The van der Waals surface area contributed by atoms with Gasteiger partial charge in [-0.05, 0) is 27.3 Å². The summed E-state index contributed by atoms with van der Waals surface area (Å²) in [5, 5.41) is 3.24. The smallest absolute Gasteiger partial charge is 0.239 e. The number of hydrogen-bond donors (Lipinski definition) is 1. The Balaban J connectivity index is 1.85. The van der Waals surface area contributed by atoms with Gasteiger partial charge in [-0.25, -0.2) is 8.42 Å². The van der Waals surface area contributed by atoms with Crippen LogP contribution in [0.15, 0.2) is 0 Å². The maximum Gasteiger partial charge on any atom is 0.239 e. The van der Waals surface area contributed by atoms with E-state index in [0.29, 0.717) is 26.1 Å². The number of hydrogen-bond acceptors (Lipinski definition) is 6. The van der Waals surface area contributed by atoms with E-state index < -0.39 is 9.84 Å². The summed E-state index contributed by atoms with van der Waals surface area (Å²) in [6.07, 6.45) is 0.636. The van der Waals surface area contributed by atoms with E-state index in [1.54, 1.807) is 4.90 Å². The molecule has 23 heavy (non-hydrogen) atoms. The van der Waals surface area contributed by atoms with E-state index in [2.05, 4.69) is 17.3 Å². The maximum atomic E-state index is 12.6. The predicted molar refractivity (Wildman–Crippen MR) is 89.1 cm³/mol. The Bertz CT molecular complexity index is 511. The first-order chi connectivity index (χ1) is 10.8. The number of morpholine rings is 1. The summed E-state index contributed by atoms with van der Waals surface area (Å²) in [5.41, 5.74) is 0. The van der Waals surface area contributed by atoms with E-state index >= 15 is 0 Å². The molecule has 2 fully saturated rings. The van der Waals surface area contributed by atoms with E-state index in [1.807, 2.05) is 13.8 Å². The monoisotopic (exact) mass is 347 g/mol. The van der Waals surface area contributed by atoms with Crippen LogP contribution in [0.5, 0.6) is 0 Å². The minimum atomic E-state index is -2.99. The summed E-state index contributed by atoms with van der Waals surface area (Å²) in [6.45, 7) is 7.39. The largest absolute Gasteiger partial charge is 0.374 e. The molecule has 0 saturated carbocycles. The Kier molecular flexibility index (Phi) is 6.41. The molecule has 2 aliphatic heterocycles. The van der Waals surface area contributed by atoms with Crippen molar-refractivity contribution in [3.05, 3.63) is 0 Å². The third kappa shape index (κ3) is 5.14. The molecule has 0 aromatic rings. The van der Waals surface area contributed by atoms with Gasteiger partial charge in [-0.3, -0.25) is 4.79 Å². The van der Waals surface area contributed by atoms with Crippen molar-refractivity contribution in [1.29, 1.82) is 0 Å².